The van der Waals surface area contributed by atoms with Gasteiger partial charge in [0, 0.05) is 0 Å². The molecular formula is C20H31O4Si. The zero-order chi connectivity index (χ0) is 19.1. The Kier molecular flexibility index (Phi) is 8.05. The zero-order valence-electron chi connectivity index (χ0n) is 16.3. The maximum atomic E-state index is 12.1. The van der Waals surface area contributed by atoms with Crippen LogP contribution in [-0.4, -0.2) is 26.3 Å². The molecule has 0 aliphatic heterocycles. The molecule has 1 rings (SSSR count). The van der Waals surface area contributed by atoms with E-state index in [-0.39, 0.29) is 12.2 Å². The first-order valence-electron chi connectivity index (χ1n) is 8.77. The van der Waals surface area contributed by atoms with Crippen LogP contribution in [-0.2, 0) is 14.5 Å². The summed E-state index contributed by atoms with van der Waals surface area (Å²) in [6, 6.07) is 9.80. The van der Waals surface area contributed by atoms with Crippen LogP contribution in [0, 0.1) is 6.10 Å². The van der Waals surface area contributed by atoms with Crippen molar-refractivity contribution in [2.45, 2.75) is 59.2 Å². The van der Waals surface area contributed by atoms with Gasteiger partial charge in [0.15, 0.2) is 6.10 Å². The summed E-state index contributed by atoms with van der Waals surface area (Å²) in [6.07, 6.45) is 0.495. The Hall–Kier alpha value is -1.43. The first kappa shape index (κ1) is 21.6. The largest absolute Gasteiger partial charge is 0.373 e. The Bertz CT molecular complexity index is 556. The van der Waals surface area contributed by atoms with Gasteiger partial charge in [-0.2, -0.15) is 4.89 Å². The van der Waals surface area contributed by atoms with Crippen molar-refractivity contribution in [3.63, 3.8) is 0 Å². The van der Waals surface area contributed by atoms with Crippen LogP contribution < -0.4 is 5.19 Å². The van der Waals surface area contributed by atoms with Crippen LogP contribution in [0.2, 0.25) is 12.1 Å². The highest BCUT2D eigenvalue weighted by Gasteiger charge is 2.27. The summed E-state index contributed by atoms with van der Waals surface area (Å²) >= 11 is 0. The minimum absolute atomic E-state index is 0.273. The Labute approximate surface area is 153 Å². The van der Waals surface area contributed by atoms with Gasteiger partial charge in [-0.1, -0.05) is 49.0 Å². The lowest BCUT2D eigenvalue weighted by Gasteiger charge is -2.26. The highest BCUT2D eigenvalue weighted by Crippen LogP contribution is 2.17. The van der Waals surface area contributed by atoms with Crippen molar-refractivity contribution in [2.75, 3.05) is 6.61 Å². The van der Waals surface area contributed by atoms with Gasteiger partial charge >= 0.3 is 5.97 Å². The maximum Gasteiger partial charge on any atom is 0.373 e. The number of hydrogen-bond donors (Lipinski definition) is 0. The van der Waals surface area contributed by atoms with Crippen LogP contribution in [0.1, 0.15) is 51.9 Å². The molecule has 0 amide bonds. The van der Waals surface area contributed by atoms with Gasteiger partial charge < -0.3 is 4.74 Å². The van der Waals surface area contributed by atoms with E-state index in [9.17, 15) is 4.79 Å². The molecule has 25 heavy (non-hydrogen) atoms. The van der Waals surface area contributed by atoms with E-state index in [4.69, 9.17) is 14.5 Å². The zero-order valence-corrected chi connectivity index (χ0v) is 17.3. The molecule has 0 saturated heterocycles. The summed E-state index contributed by atoms with van der Waals surface area (Å²) in [5, 5.41) is 1.28. The normalized spacial score (nSPS) is 12.3. The van der Waals surface area contributed by atoms with Gasteiger partial charge in [-0.25, -0.2) is 4.79 Å². The fourth-order valence-corrected chi connectivity index (χ4v) is 5.46. The van der Waals surface area contributed by atoms with Crippen molar-refractivity contribution < 1.29 is 19.3 Å². The molecule has 0 aliphatic carbocycles. The van der Waals surface area contributed by atoms with E-state index in [0.717, 1.165) is 12.1 Å². The van der Waals surface area contributed by atoms with Crippen molar-refractivity contribution in [1.29, 1.82) is 0 Å². The number of hydrogen-bond acceptors (Lipinski definition) is 4. The molecule has 0 fully saturated rings. The van der Waals surface area contributed by atoms with Crippen LogP contribution in [0.3, 0.4) is 0 Å². The predicted octanol–water partition coefficient (Wildman–Crippen LogP) is 4.56. The average Bonchev–Trinajstić information content (AvgIpc) is 2.60. The van der Waals surface area contributed by atoms with Crippen molar-refractivity contribution in [1.82, 2.24) is 0 Å². The van der Waals surface area contributed by atoms with Crippen molar-refractivity contribution in [2.24, 2.45) is 0 Å². The highest BCUT2D eigenvalue weighted by atomic mass is 28.3. The van der Waals surface area contributed by atoms with Crippen LogP contribution in [0.4, 0.5) is 0 Å². The molecular weight excluding hydrogens is 332 g/mol. The van der Waals surface area contributed by atoms with Gasteiger partial charge in [0.05, 0.1) is 17.8 Å². The van der Waals surface area contributed by atoms with Gasteiger partial charge in [-0.15, -0.1) is 6.58 Å². The Morgan fingerprint density at radius 2 is 1.68 bits per heavy atom. The van der Waals surface area contributed by atoms with Crippen LogP contribution in [0.25, 0.3) is 0 Å². The molecule has 0 N–H and O–H groups in total. The number of ether oxygens (including phenoxy) is 1. The van der Waals surface area contributed by atoms with Gasteiger partial charge in [0.25, 0.3) is 0 Å². The third-order valence-corrected chi connectivity index (χ3v) is 9.10. The van der Waals surface area contributed by atoms with E-state index >= 15 is 0 Å². The fourth-order valence-electron chi connectivity index (χ4n) is 2.50. The van der Waals surface area contributed by atoms with Crippen molar-refractivity contribution >= 4 is 19.2 Å². The van der Waals surface area contributed by atoms with Crippen LogP contribution in [0.5, 0.6) is 0 Å². The molecule has 0 atom stereocenters. The lowest BCUT2D eigenvalue weighted by atomic mass is 10.2. The Morgan fingerprint density at radius 3 is 2.12 bits per heavy atom. The standard InChI is InChI=1S/C20H31O4Si/c1-8-25(9-2,10-3)18-13-11-17(12-14-18)19(21)24-23-16(4)15-22-20(5,6)7/h8,11-14H,1,9-10,15H2,2-7H3. The average molecular weight is 364 g/mol. The van der Waals surface area contributed by atoms with Gasteiger partial charge in [-0.3, -0.25) is 4.89 Å². The van der Waals surface area contributed by atoms with E-state index in [1.165, 1.54) is 5.19 Å². The molecule has 5 heteroatoms. The van der Waals surface area contributed by atoms with E-state index in [2.05, 4.69) is 26.1 Å². The molecule has 0 aliphatic rings. The monoisotopic (exact) mass is 363 g/mol. The third-order valence-electron chi connectivity index (χ3n) is 4.32. The van der Waals surface area contributed by atoms with E-state index in [0.29, 0.717) is 11.7 Å². The summed E-state index contributed by atoms with van der Waals surface area (Å²) in [5.74, 6) is -0.513. The van der Waals surface area contributed by atoms with E-state index in [1.54, 1.807) is 19.1 Å². The summed E-state index contributed by atoms with van der Waals surface area (Å²) in [5.41, 5.74) is 2.31. The highest BCUT2D eigenvalue weighted by molar-refractivity contribution is 6.95. The Morgan fingerprint density at radius 1 is 1.12 bits per heavy atom. The maximum absolute atomic E-state index is 12.1. The molecule has 0 heterocycles. The topological polar surface area (TPSA) is 44.8 Å². The minimum Gasteiger partial charge on any atom is -0.373 e. The van der Waals surface area contributed by atoms with E-state index < -0.39 is 14.0 Å². The molecule has 0 saturated carbocycles. The first-order valence-corrected chi connectivity index (χ1v) is 11.3. The van der Waals surface area contributed by atoms with Crippen LogP contribution in [0.15, 0.2) is 36.5 Å². The molecule has 139 valence electrons. The molecule has 0 unspecified atom stereocenters. The van der Waals surface area contributed by atoms with Crippen molar-refractivity contribution in [3.8, 4) is 0 Å². The van der Waals surface area contributed by atoms with Crippen LogP contribution >= 0.6 is 0 Å². The SMILES string of the molecule is C=C[Si](CC)(CC)c1ccc(C(=O)OO[C](C)COC(C)(C)C)cc1. The second kappa shape index (κ2) is 9.32. The molecule has 1 radical (unpaired) electrons. The molecule has 4 nitrogen and oxygen atoms in total. The predicted molar refractivity (Wildman–Crippen MR) is 104 cm³/mol. The summed E-state index contributed by atoms with van der Waals surface area (Å²) in [4.78, 5) is 22.1. The number of rotatable bonds is 9. The second-order valence-electron chi connectivity index (χ2n) is 7.20. The van der Waals surface area contributed by atoms with Crippen molar-refractivity contribution in [3.05, 3.63) is 48.2 Å². The third kappa shape index (κ3) is 6.42. The number of benzene rings is 1. The molecule has 1 aromatic carbocycles. The lowest BCUT2D eigenvalue weighted by molar-refractivity contribution is -0.242. The summed E-state index contributed by atoms with van der Waals surface area (Å²) in [7, 11) is -1.66. The lowest BCUT2D eigenvalue weighted by Crippen LogP contribution is -2.44. The second-order valence-corrected chi connectivity index (χ2v) is 11.9. The smallest absolute Gasteiger partial charge is 0.373 e. The summed E-state index contributed by atoms with van der Waals surface area (Å²) in [6.45, 7) is 16.3. The molecule has 1 aromatic rings. The first-order chi connectivity index (χ1) is 11.7. The number of carbonyl (C=O) groups is 1. The quantitative estimate of drug-likeness (QED) is 0.366. The van der Waals surface area contributed by atoms with Gasteiger partial charge in [-0.05, 0) is 39.8 Å². The fraction of sp³-hybridized carbons (Fsp3) is 0.500. The molecule has 0 bridgehead atoms. The van der Waals surface area contributed by atoms with Gasteiger partial charge in [0.2, 0.25) is 0 Å². The molecule has 0 aromatic heterocycles. The summed E-state index contributed by atoms with van der Waals surface area (Å²) < 4.78 is 5.56. The Balaban J connectivity index is 2.64. The van der Waals surface area contributed by atoms with Gasteiger partial charge in [0.1, 0.15) is 8.07 Å². The van der Waals surface area contributed by atoms with E-state index in [1.807, 2.05) is 32.9 Å². The minimum atomic E-state index is -1.66. The molecule has 0 spiro atoms. The number of carbonyl (C=O) groups excluding carboxylic acids is 1.